The molecule has 0 unspecified atom stereocenters. The first-order chi connectivity index (χ1) is 6.63. The minimum atomic E-state index is -0.676. The summed E-state index contributed by atoms with van der Waals surface area (Å²) in [7, 11) is 0. The van der Waals surface area contributed by atoms with Gasteiger partial charge in [-0.25, -0.2) is 0 Å². The molecule has 0 saturated heterocycles. The van der Waals surface area contributed by atoms with Crippen molar-refractivity contribution in [2.45, 2.75) is 52.4 Å². The number of allylic oxidation sites excluding steroid dienone is 2. The van der Waals surface area contributed by atoms with E-state index in [4.69, 9.17) is 5.11 Å². The molecule has 0 aromatic heterocycles. The molecule has 2 nitrogen and oxygen atoms in total. The largest absolute Gasteiger partial charge is 0.481 e. The highest BCUT2D eigenvalue weighted by Crippen LogP contribution is 2.06. The highest BCUT2D eigenvalue weighted by atomic mass is 16.4. The van der Waals surface area contributed by atoms with Crippen molar-refractivity contribution in [2.75, 3.05) is 0 Å². The lowest BCUT2D eigenvalue weighted by Gasteiger charge is -1.97. The monoisotopic (exact) mass is 198 g/mol. The molecule has 0 saturated carbocycles. The first kappa shape index (κ1) is 13.2. The molecule has 0 heterocycles. The summed E-state index contributed by atoms with van der Waals surface area (Å²) in [6.07, 6.45) is 10.1. The van der Waals surface area contributed by atoms with E-state index in [0.717, 1.165) is 25.7 Å². The fourth-order valence-electron chi connectivity index (χ4n) is 1.26. The van der Waals surface area contributed by atoms with Gasteiger partial charge in [-0.3, -0.25) is 4.79 Å². The second kappa shape index (κ2) is 8.79. The van der Waals surface area contributed by atoms with Crippen LogP contribution in [0.2, 0.25) is 0 Å². The van der Waals surface area contributed by atoms with Gasteiger partial charge in [0, 0.05) is 6.42 Å². The van der Waals surface area contributed by atoms with Crippen LogP contribution in [0.15, 0.2) is 12.2 Å². The zero-order valence-electron chi connectivity index (χ0n) is 9.33. The van der Waals surface area contributed by atoms with Crippen molar-refractivity contribution in [1.29, 1.82) is 0 Å². The van der Waals surface area contributed by atoms with E-state index in [0.29, 0.717) is 12.3 Å². The van der Waals surface area contributed by atoms with Crippen molar-refractivity contribution >= 4 is 5.97 Å². The third kappa shape index (κ3) is 11.2. The molecule has 0 atom stereocenters. The molecule has 0 rings (SSSR count). The van der Waals surface area contributed by atoms with E-state index >= 15 is 0 Å². The molecule has 1 N–H and O–H groups in total. The van der Waals surface area contributed by atoms with Crippen LogP contribution < -0.4 is 0 Å². The summed E-state index contributed by atoms with van der Waals surface area (Å²) < 4.78 is 0. The highest BCUT2D eigenvalue weighted by Gasteiger charge is 1.95. The van der Waals surface area contributed by atoms with E-state index in [1.165, 1.54) is 6.42 Å². The Morgan fingerprint density at radius 2 is 1.86 bits per heavy atom. The summed E-state index contributed by atoms with van der Waals surface area (Å²) in [5.74, 6) is -0.0354. The maximum Gasteiger partial charge on any atom is 0.303 e. The fourth-order valence-corrected chi connectivity index (χ4v) is 1.26. The molecule has 0 radical (unpaired) electrons. The van der Waals surface area contributed by atoms with Gasteiger partial charge in [-0.15, -0.1) is 0 Å². The number of hydrogen-bond donors (Lipinski definition) is 1. The van der Waals surface area contributed by atoms with Gasteiger partial charge in [-0.2, -0.15) is 0 Å². The van der Waals surface area contributed by atoms with Gasteiger partial charge in [0.25, 0.3) is 0 Å². The summed E-state index contributed by atoms with van der Waals surface area (Å²) in [5.41, 5.74) is 0. The van der Waals surface area contributed by atoms with E-state index in [1.54, 1.807) is 0 Å². The van der Waals surface area contributed by atoms with Crippen LogP contribution in [0.4, 0.5) is 0 Å². The molecule has 0 aromatic rings. The fraction of sp³-hybridized carbons (Fsp3) is 0.750. The smallest absolute Gasteiger partial charge is 0.303 e. The van der Waals surface area contributed by atoms with Crippen molar-refractivity contribution in [2.24, 2.45) is 5.92 Å². The number of carbonyl (C=O) groups is 1. The molecule has 0 aliphatic carbocycles. The Bertz CT molecular complexity index is 171. The van der Waals surface area contributed by atoms with E-state index < -0.39 is 5.97 Å². The van der Waals surface area contributed by atoms with Crippen LogP contribution in [0, 0.1) is 5.92 Å². The van der Waals surface area contributed by atoms with Crippen LogP contribution in [0.25, 0.3) is 0 Å². The SMILES string of the molecule is CC(C)/C=C/CCCCCCC(=O)O. The van der Waals surface area contributed by atoms with Crippen LogP contribution in [-0.4, -0.2) is 11.1 Å². The maximum atomic E-state index is 10.2. The molecule has 14 heavy (non-hydrogen) atoms. The second-order valence-electron chi connectivity index (χ2n) is 4.02. The Hall–Kier alpha value is -0.790. The number of aliphatic carboxylic acids is 1. The van der Waals surface area contributed by atoms with Crippen molar-refractivity contribution in [3.8, 4) is 0 Å². The molecule has 0 amide bonds. The van der Waals surface area contributed by atoms with Crippen LogP contribution >= 0.6 is 0 Å². The summed E-state index contributed by atoms with van der Waals surface area (Å²) in [6.45, 7) is 4.34. The minimum Gasteiger partial charge on any atom is -0.481 e. The van der Waals surface area contributed by atoms with Crippen LogP contribution in [0.5, 0.6) is 0 Å². The predicted octanol–water partition coefficient (Wildman–Crippen LogP) is 3.62. The highest BCUT2D eigenvalue weighted by molar-refractivity contribution is 5.66. The summed E-state index contributed by atoms with van der Waals surface area (Å²) in [5, 5.41) is 8.40. The number of unbranched alkanes of at least 4 members (excludes halogenated alkanes) is 4. The normalized spacial score (nSPS) is 11.4. The Kier molecular flexibility index (Phi) is 8.30. The average molecular weight is 198 g/mol. The number of carboxylic acid groups (broad SMARTS) is 1. The van der Waals surface area contributed by atoms with Gasteiger partial charge in [0.2, 0.25) is 0 Å². The number of hydrogen-bond acceptors (Lipinski definition) is 1. The molecule has 0 aliphatic heterocycles. The lowest BCUT2D eigenvalue weighted by atomic mass is 10.1. The molecule has 82 valence electrons. The quantitative estimate of drug-likeness (QED) is 0.477. The maximum absolute atomic E-state index is 10.2. The molecule has 0 aliphatic rings. The Morgan fingerprint density at radius 1 is 1.21 bits per heavy atom. The van der Waals surface area contributed by atoms with Gasteiger partial charge in [0.15, 0.2) is 0 Å². The Balaban J connectivity index is 3.10. The summed E-state index contributed by atoms with van der Waals surface area (Å²) in [4.78, 5) is 10.2. The zero-order chi connectivity index (χ0) is 10.8. The van der Waals surface area contributed by atoms with E-state index in [-0.39, 0.29) is 0 Å². The number of carboxylic acids is 1. The summed E-state index contributed by atoms with van der Waals surface area (Å²) >= 11 is 0. The van der Waals surface area contributed by atoms with E-state index in [9.17, 15) is 4.79 Å². The zero-order valence-corrected chi connectivity index (χ0v) is 9.33. The van der Waals surface area contributed by atoms with Gasteiger partial charge in [0.1, 0.15) is 0 Å². The Morgan fingerprint density at radius 3 is 2.43 bits per heavy atom. The molecule has 2 heteroatoms. The topological polar surface area (TPSA) is 37.3 Å². The minimum absolute atomic E-state index is 0.321. The van der Waals surface area contributed by atoms with Crippen LogP contribution in [-0.2, 0) is 4.79 Å². The predicted molar refractivity (Wildman–Crippen MR) is 59.3 cm³/mol. The third-order valence-electron chi connectivity index (χ3n) is 2.03. The molecule has 0 aromatic carbocycles. The van der Waals surface area contributed by atoms with E-state index in [2.05, 4.69) is 26.0 Å². The van der Waals surface area contributed by atoms with Gasteiger partial charge in [0.05, 0.1) is 0 Å². The van der Waals surface area contributed by atoms with Gasteiger partial charge in [-0.05, 0) is 25.2 Å². The molecule has 0 fully saturated rings. The first-order valence-electron chi connectivity index (χ1n) is 5.51. The van der Waals surface area contributed by atoms with Gasteiger partial charge in [-0.1, -0.05) is 38.8 Å². The third-order valence-corrected chi connectivity index (χ3v) is 2.03. The van der Waals surface area contributed by atoms with Crippen molar-refractivity contribution in [3.63, 3.8) is 0 Å². The second-order valence-corrected chi connectivity index (χ2v) is 4.02. The standard InChI is InChI=1S/C12H22O2/c1-11(2)9-7-5-3-4-6-8-10-12(13)14/h7,9,11H,3-6,8,10H2,1-2H3,(H,13,14)/b9-7+. The van der Waals surface area contributed by atoms with Crippen LogP contribution in [0.1, 0.15) is 52.4 Å². The van der Waals surface area contributed by atoms with Crippen LogP contribution in [0.3, 0.4) is 0 Å². The Labute approximate surface area is 87.0 Å². The van der Waals surface area contributed by atoms with Gasteiger partial charge < -0.3 is 5.11 Å². The van der Waals surface area contributed by atoms with E-state index in [1.807, 2.05) is 0 Å². The average Bonchev–Trinajstić information content (AvgIpc) is 2.08. The molecule has 0 spiro atoms. The lowest BCUT2D eigenvalue weighted by molar-refractivity contribution is -0.137. The lowest BCUT2D eigenvalue weighted by Crippen LogP contribution is -1.93. The number of rotatable bonds is 8. The van der Waals surface area contributed by atoms with Crippen molar-refractivity contribution < 1.29 is 9.90 Å². The molecule has 0 bridgehead atoms. The van der Waals surface area contributed by atoms with Gasteiger partial charge >= 0.3 is 5.97 Å². The van der Waals surface area contributed by atoms with Crippen molar-refractivity contribution in [1.82, 2.24) is 0 Å². The van der Waals surface area contributed by atoms with Crippen molar-refractivity contribution in [3.05, 3.63) is 12.2 Å². The summed E-state index contributed by atoms with van der Waals surface area (Å²) in [6, 6.07) is 0. The molecular formula is C12H22O2. The first-order valence-corrected chi connectivity index (χ1v) is 5.51. The molecular weight excluding hydrogens is 176 g/mol.